The second kappa shape index (κ2) is 3.65. The lowest BCUT2D eigenvalue weighted by Crippen LogP contribution is -2.04. The molecule has 12 heavy (non-hydrogen) atoms. The summed E-state index contributed by atoms with van der Waals surface area (Å²) in [5.74, 6) is 0. The number of benzene rings is 1. The smallest absolute Gasteiger partial charge is 0.110 e. The van der Waals surface area contributed by atoms with Gasteiger partial charge in [-0.05, 0) is 51.3 Å². The summed E-state index contributed by atoms with van der Waals surface area (Å²) in [6, 6.07) is 5.70. The Morgan fingerprint density at radius 3 is 2.25 bits per heavy atom. The quantitative estimate of drug-likeness (QED) is 0.726. The summed E-state index contributed by atoms with van der Waals surface area (Å²) < 4.78 is 13.6. The first-order valence-electron chi connectivity index (χ1n) is 3.42. The van der Waals surface area contributed by atoms with Crippen molar-refractivity contribution in [3.8, 4) is 0 Å². The molecule has 0 heterocycles. The SMILES string of the molecule is CP(C)(=O)c1cccc(Br)c1Br. The van der Waals surface area contributed by atoms with Crippen LogP contribution in [0.25, 0.3) is 0 Å². The molecule has 1 rings (SSSR count). The zero-order valence-electron chi connectivity index (χ0n) is 6.84. The molecule has 0 aliphatic carbocycles. The molecule has 0 aromatic heterocycles. The Hall–Kier alpha value is 0.410. The van der Waals surface area contributed by atoms with Gasteiger partial charge in [-0.15, -0.1) is 0 Å². The Morgan fingerprint density at radius 1 is 1.25 bits per heavy atom. The van der Waals surface area contributed by atoms with E-state index >= 15 is 0 Å². The first-order valence-corrected chi connectivity index (χ1v) is 7.61. The van der Waals surface area contributed by atoms with Gasteiger partial charge >= 0.3 is 0 Å². The third-order valence-corrected chi connectivity index (χ3v) is 5.40. The standard InChI is InChI=1S/C8H9Br2OP/c1-12(2,11)7-5-3-4-6(9)8(7)10/h3-5H,1-2H3. The molecule has 0 saturated carbocycles. The van der Waals surface area contributed by atoms with Gasteiger partial charge in [-0.2, -0.15) is 0 Å². The van der Waals surface area contributed by atoms with E-state index in [4.69, 9.17) is 0 Å². The Morgan fingerprint density at radius 2 is 1.83 bits per heavy atom. The van der Waals surface area contributed by atoms with E-state index in [2.05, 4.69) is 31.9 Å². The molecular formula is C8H9Br2OP. The zero-order valence-corrected chi connectivity index (χ0v) is 10.9. The average Bonchev–Trinajstić information content (AvgIpc) is 1.92. The second-order valence-corrected chi connectivity index (χ2v) is 7.75. The molecule has 0 radical (unpaired) electrons. The van der Waals surface area contributed by atoms with Gasteiger partial charge in [0, 0.05) is 14.2 Å². The number of hydrogen-bond acceptors (Lipinski definition) is 1. The number of halogens is 2. The molecule has 0 bridgehead atoms. The number of rotatable bonds is 1. The van der Waals surface area contributed by atoms with E-state index in [9.17, 15) is 4.57 Å². The fourth-order valence-electron chi connectivity index (χ4n) is 0.908. The van der Waals surface area contributed by atoms with Gasteiger partial charge in [0.15, 0.2) is 0 Å². The third kappa shape index (κ3) is 2.21. The highest BCUT2D eigenvalue weighted by Gasteiger charge is 2.15. The highest BCUT2D eigenvalue weighted by atomic mass is 79.9. The van der Waals surface area contributed by atoms with Gasteiger partial charge in [0.05, 0.1) is 0 Å². The van der Waals surface area contributed by atoms with E-state index in [0.717, 1.165) is 14.2 Å². The topological polar surface area (TPSA) is 17.1 Å². The molecule has 0 saturated heterocycles. The van der Waals surface area contributed by atoms with Crippen molar-refractivity contribution in [1.29, 1.82) is 0 Å². The molecule has 0 fully saturated rings. The van der Waals surface area contributed by atoms with Crippen molar-refractivity contribution in [2.75, 3.05) is 13.3 Å². The molecule has 0 aliphatic heterocycles. The lowest BCUT2D eigenvalue weighted by molar-refractivity contribution is 0.588. The Labute approximate surface area is 89.2 Å². The lowest BCUT2D eigenvalue weighted by atomic mass is 10.4. The molecule has 1 aromatic carbocycles. The molecule has 4 heteroatoms. The number of hydrogen-bond donors (Lipinski definition) is 0. The van der Waals surface area contributed by atoms with Crippen molar-refractivity contribution in [2.24, 2.45) is 0 Å². The minimum atomic E-state index is -2.16. The Kier molecular flexibility index (Phi) is 3.19. The summed E-state index contributed by atoms with van der Waals surface area (Å²) in [4.78, 5) is 0. The van der Waals surface area contributed by atoms with Crippen LogP contribution in [0.1, 0.15) is 0 Å². The summed E-state index contributed by atoms with van der Waals surface area (Å²) in [6.45, 7) is 3.53. The van der Waals surface area contributed by atoms with Crippen LogP contribution >= 0.6 is 39.0 Å². The second-order valence-electron chi connectivity index (χ2n) is 2.92. The maximum atomic E-state index is 11.7. The van der Waals surface area contributed by atoms with Crippen LogP contribution in [0.4, 0.5) is 0 Å². The Balaban J connectivity index is 3.36. The molecule has 1 nitrogen and oxygen atoms in total. The van der Waals surface area contributed by atoms with E-state index in [1.54, 1.807) is 13.3 Å². The van der Waals surface area contributed by atoms with Crippen LogP contribution in [-0.2, 0) is 4.57 Å². The molecule has 0 amide bonds. The third-order valence-electron chi connectivity index (χ3n) is 1.51. The minimum Gasteiger partial charge on any atom is -0.319 e. The van der Waals surface area contributed by atoms with Crippen LogP contribution in [0.15, 0.2) is 27.1 Å². The van der Waals surface area contributed by atoms with Crippen molar-refractivity contribution in [2.45, 2.75) is 0 Å². The molecule has 0 atom stereocenters. The van der Waals surface area contributed by atoms with Gasteiger partial charge in [0.2, 0.25) is 0 Å². The first kappa shape index (κ1) is 10.5. The van der Waals surface area contributed by atoms with Crippen molar-refractivity contribution in [3.63, 3.8) is 0 Å². The van der Waals surface area contributed by atoms with Crippen molar-refractivity contribution < 1.29 is 4.57 Å². The minimum absolute atomic E-state index is 0.886. The molecule has 0 unspecified atom stereocenters. The van der Waals surface area contributed by atoms with Crippen LogP contribution in [-0.4, -0.2) is 13.3 Å². The van der Waals surface area contributed by atoms with Gasteiger partial charge < -0.3 is 4.57 Å². The van der Waals surface area contributed by atoms with Gasteiger partial charge in [0.25, 0.3) is 0 Å². The van der Waals surface area contributed by atoms with E-state index in [1.165, 1.54) is 0 Å². The molecule has 1 aromatic rings. The fraction of sp³-hybridized carbons (Fsp3) is 0.250. The molecule has 66 valence electrons. The van der Waals surface area contributed by atoms with Crippen LogP contribution in [0.2, 0.25) is 0 Å². The molecule has 0 aliphatic rings. The highest BCUT2D eigenvalue weighted by Crippen LogP contribution is 2.39. The lowest BCUT2D eigenvalue weighted by Gasteiger charge is -2.09. The Bertz CT molecular complexity index is 343. The van der Waals surface area contributed by atoms with Crippen molar-refractivity contribution in [1.82, 2.24) is 0 Å². The van der Waals surface area contributed by atoms with E-state index in [-0.39, 0.29) is 0 Å². The average molecular weight is 312 g/mol. The van der Waals surface area contributed by atoms with E-state index in [1.807, 2.05) is 18.2 Å². The van der Waals surface area contributed by atoms with Gasteiger partial charge in [-0.1, -0.05) is 12.1 Å². The van der Waals surface area contributed by atoms with Gasteiger partial charge in [-0.3, -0.25) is 0 Å². The first-order chi connectivity index (χ1) is 5.43. The normalized spacial score (nSPS) is 11.7. The predicted octanol–water partition coefficient (Wildman–Crippen LogP) is 3.46. The summed E-state index contributed by atoms with van der Waals surface area (Å²) in [6.07, 6.45) is 0. The van der Waals surface area contributed by atoms with Crippen LogP contribution in [0, 0.1) is 0 Å². The zero-order chi connectivity index (χ0) is 9.35. The van der Waals surface area contributed by atoms with Crippen molar-refractivity contribution >= 4 is 44.3 Å². The summed E-state index contributed by atoms with van der Waals surface area (Å²) in [5.41, 5.74) is 0. The molecular weight excluding hydrogens is 303 g/mol. The van der Waals surface area contributed by atoms with Crippen LogP contribution in [0.5, 0.6) is 0 Å². The summed E-state index contributed by atoms with van der Waals surface area (Å²) in [7, 11) is -2.16. The molecule has 0 spiro atoms. The highest BCUT2D eigenvalue weighted by molar-refractivity contribution is 9.13. The fourth-order valence-corrected chi connectivity index (χ4v) is 4.01. The summed E-state index contributed by atoms with van der Waals surface area (Å²) >= 11 is 6.77. The monoisotopic (exact) mass is 310 g/mol. The van der Waals surface area contributed by atoms with Gasteiger partial charge in [-0.25, -0.2) is 0 Å². The van der Waals surface area contributed by atoms with E-state index in [0.29, 0.717) is 0 Å². The van der Waals surface area contributed by atoms with Gasteiger partial charge in [0.1, 0.15) is 7.14 Å². The summed E-state index contributed by atoms with van der Waals surface area (Å²) in [5, 5.41) is 0.886. The largest absolute Gasteiger partial charge is 0.319 e. The molecule has 0 N–H and O–H groups in total. The van der Waals surface area contributed by atoms with Crippen LogP contribution < -0.4 is 5.30 Å². The maximum absolute atomic E-state index is 11.7. The predicted molar refractivity (Wildman–Crippen MR) is 60.9 cm³/mol. The van der Waals surface area contributed by atoms with E-state index < -0.39 is 7.14 Å². The van der Waals surface area contributed by atoms with Crippen LogP contribution in [0.3, 0.4) is 0 Å². The van der Waals surface area contributed by atoms with Crippen molar-refractivity contribution in [3.05, 3.63) is 27.1 Å². The maximum Gasteiger partial charge on any atom is 0.110 e.